The van der Waals surface area contributed by atoms with Crippen molar-refractivity contribution in [3.63, 3.8) is 0 Å². The monoisotopic (exact) mass is 839 g/mol. The van der Waals surface area contributed by atoms with Crippen molar-refractivity contribution in [1.29, 1.82) is 0 Å². The number of hydrogen-bond donors (Lipinski definition) is 0. The fourth-order valence-corrected chi connectivity index (χ4v) is 8.83. The zero-order valence-corrected chi connectivity index (χ0v) is 36.7. The molecule has 6 heteroatoms. The number of unbranched alkanes of at least 4 members (excludes halogenated alkanes) is 9. The topological polar surface area (TPSA) is 7.12 Å². The lowest BCUT2D eigenvalue weighted by Gasteiger charge is -2.35. The van der Waals surface area contributed by atoms with Gasteiger partial charge in [0.1, 0.15) is 4.70 Å². The van der Waals surface area contributed by atoms with Gasteiger partial charge in [-0.05, 0) is 51.0 Å². The van der Waals surface area contributed by atoms with Crippen LogP contribution < -0.4 is 43.4 Å². The summed E-state index contributed by atoms with van der Waals surface area (Å²) in [6, 6.07) is 17.9. The number of thiazole rings is 1. The van der Waals surface area contributed by atoms with Gasteiger partial charge in [-0.1, -0.05) is 151 Å². The van der Waals surface area contributed by atoms with E-state index in [1.165, 1.54) is 133 Å². The summed E-state index contributed by atoms with van der Waals surface area (Å²) >= 11 is 1.90. The van der Waals surface area contributed by atoms with E-state index in [0.717, 1.165) is 13.1 Å². The predicted octanol–water partition coefficient (Wildman–Crippen LogP) is 6.19. The van der Waals surface area contributed by atoms with E-state index in [-0.39, 0.29) is 39.4 Å². The molecular formula is C45H67Br2N3S. The number of hydrogen-bond acceptors (Lipinski definition) is 2. The Bertz CT molecular complexity index is 1540. The standard InChI is InChI=1S/C45H67N3S.2BrH/c1-7-11-12-13-14-15-16-17-21-28-36-46-40-31-25-24-30-39(40)45(5,6)43(46)34-22-19-18-20-23-35-44-47(41-32-26-27-33-42(41)49-44)37-29-38-48(8-2,9-3)10-4;;/h18-20,22-27,30-35H,7-17,21,28-29,36-38H2,1-6H3;2*1H/q+2;;/p-2. The van der Waals surface area contributed by atoms with E-state index in [9.17, 15) is 0 Å². The minimum Gasteiger partial charge on any atom is -1.00 e. The number of fused-ring (bicyclic) bond motifs is 2. The summed E-state index contributed by atoms with van der Waals surface area (Å²) in [5.41, 5.74) is 5.60. The molecule has 1 aliphatic heterocycles. The lowest BCUT2D eigenvalue weighted by atomic mass is 9.84. The molecule has 0 aliphatic carbocycles. The molecule has 0 spiro atoms. The average molecular weight is 842 g/mol. The van der Waals surface area contributed by atoms with Crippen LogP contribution in [0.15, 0.2) is 90.7 Å². The molecule has 0 N–H and O–H groups in total. The maximum absolute atomic E-state index is 2.60. The number of para-hydroxylation sites is 2. The van der Waals surface area contributed by atoms with Gasteiger partial charge in [-0.25, -0.2) is 0 Å². The molecule has 0 fully saturated rings. The Morgan fingerprint density at radius 2 is 1.27 bits per heavy atom. The van der Waals surface area contributed by atoms with E-state index < -0.39 is 0 Å². The largest absolute Gasteiger partial charge is 1.00 e. The highest BCUT2D eigenvalue weighted by molar-refractivity contribution is 7.18. The van der Waals surface area contributed by atoms with Gasteiger partial charge in [-0.2, -0.15) is 4.57 Å². The number of quaternary nitrogens is 1. The van der Waals surface area contributed by atoms with Gasteiger partial charge in [0, 0.05) is 35.5 Å². The van der Waals surface area contributed by atoms with Crippen LogP contribution in [-0.4, -0.2) is 37.2 Å². The smallest absolute Gasteiger partial charge is 0.262 e. The first-order valence-electron chi connectivity index (χ1n) is 19.8. The predicted molar refractivity (Wildman–Crippen MR) is 217 cm³/mol. The number of anilines is 1. The third kappa shape index (κ3) is 12.5. The number of halogens is 2. The van der Waals surface area contributed by atoms with Crippen molar-refractivity contribution in [2.45, 2.75) is 124 Å². The molecule has 0 amide bonds. The second-order valence-corrected chi connectivity index (χ2v) is 15.6. The van der Waals surface area contributed by atoms with E-state index in [0.29, 0.717) is 0 Å². The van der Waals surface area contributed by atoms with Gasteiger partial charge >= 0.3 is 0 Å². The highest BCUT2D eigenvalue weighted by Crippen LogP contribution is 2.47. The highest BCUT2D eigenvalue weighted by atomic mass is 79.9. The van der Waals surface area contributed by atoms with Crippen molar-refractivity contribution in [3.8, 4) is 0 Å². The van der Waals surface area contributed by atoms with Gasteiger partial charge in [-0.3, -0.25) is 0 Å². The number of aryl methyl sites for hydroxylation is 1. The Labute approximate surface area is 337 Å². The van der Waals surface area contributed by atoms with Gasteiger partial charge in [-0.15, -0.1) is 0 Å². The molecule has 0 atom stereocenters. The molecule has 51 heavy (non-hydrogen) atoms. The lowest BCUT2D eigenvalue weighted by Crippen LogP contribution is -3.00. The van der Waals surface area contributed by atoms with E-state index in [4.69, 9.17) is 0 Å². The van der Waals surface area contributed by atoms with Crippen molar-refractivity contribution in [1.82, 2.24) is 0 Å². The van der Waals surface area contributed by atoms with Crippen LogP contribution in [0.4, 0.5) is 5.69 Å². The molecule has 0 radical (unpaired) electrons. The van der Waals surface area contributed by atoms with Gasteiger partial charge in [0.2, 0.25) is 5.52 Å². The van der Waals surface area contributed by atoms with E-state index in [2.05, 4.69) is 142 Å². The molecule has 0 unspecified atom stereocenters. The molecule has 1 aromatic heterocycles. The summed E-state index contributed by atoms with van der Waals surface area (Å²) in [7, 11) is 0. The zero-order valence-electron chi connectivity index (χ0n) is 32.7. The average Bonchev–Trinajstić information content (AvgIpc) is 3.58. The Balaban J connectivity index is 0.00000451. The van der Waals surface area contributed by atoms with Crippen molar-refractivity contribution < 1.29 is 43.0 Å². The second kappa shape index (κ2) is 23.6. The summed E-state index contributed by atoms with van der Waals surface area (Å²) in [6.07, 6.45) is 30.5. The van der Waals surface area contributed by atoms with Gasteiger partial charge < -0.3 is 43.3 Å². The molecule has 2 aromatic carbocycles. The van der Waals surface area contributed by atoms with Crippen molar-refractivity contribution in [2.75, 3.05) is 37.6 Å². The van der Waals surface area contributed by atoms with Gasteiger partial charge in [0.05, 0.1) is 32.6 Å². The SMILES string of the molecule is CCCCCCCCCCCCN1\C(=C/C=C/C=C/C=C/c2sc3ccccc3[n+]2CCC[N+](CC)(CC)CC)C(C)(C)c2ccccc21.[Br-].[Br-]. The first-order valence-corrected chi connectivity index (χ1v) is 20.6. The Morgan fingerprint density at radius 1 is 0.686 bits per heavy atom. The maximum atomic E-state index is 2.60. The van der Waals surface area contributed by atoms with Gasteiger partial charge in [0.15, 0.2) is 6.54 Å². The molecule has 2 heterocycles. The van der Waals surface area contributed by atoms with Crippen LogP contribution in [0.25, 0.3) is 16.3 Å². The van der Waals surface area contributed by atoms with Crippen LogP contribution in [0.2, 0.25) is 0 Å². The molecule has 0 bridgehead atoms. The Kier molecular flexibility index (Phi) is 20.9. The van der Waals surface area contributed by atoms with Crippen LogP contribution in [0, 0.1) is 0 Å². The first-order chi connectivity index (χ1) is 23.9. The number of benzene rings is 2. The number of nitrogens with zero attached hydrogens (tertiary/aromatic N) is 3. The van der Waals surface area contributed by atoms with Crippen molar-refractivity contribution in [2.24, 2.45) is 0 Å². The van der Waals surface area contributed by atoms with Crippen LogP contribution in [0.5, 0.6) is 0 Å². The molecule has 0 saturated heterocycles. The normalized spacial score (nSPS) is 15.0. The van der Waals surface area contributed by atoms with E-state index in [1.54, 1.807) is 0 Å². The van der Waals surface area contributed by atoms with Crippen molar-refractivity contribution in [3.05, 3.63) is 101 Å². The lowest BCUT2D eigenvalue weighted by molar-refractivity contribution is -0.925. The molecule has 0 saturated carbocycles. The Hall–Kier alpha value is -1.99. The third-order valence-electron chi connectivity index (χ3n) is 11.1. The minimum absolute atomic E-state index is 0. The maximum Gasteiger partial charge on any atom is 0.262 e. The summed E-state index contributed by atoms with van der Waals surface area (Å²) in [4.78, 5) is 2.60. The minimum atomic E-state index is 0. The quantitative estimate of drug-likeness (QED) is 0.0507. The van der Waals surface area contributed by atoms with Crippen LogP contribution in [0.3, 0.4) is 0 Å². The fraction of sp³-hybridized carbons (Fsp3) is 0.533. The molecule has 282 valence electrons. The summed E-state index contributed by atoms with van der Waals surface area (Å²) in [6.45, 7) is 21.1. The number of aromatic nitrogens is 1. The molecule has 1 aliphatic rings. The number of rotatable bonds is 22. The van der Waals surface area contributed by atoms with Crippen LogP contribution >= 0.6 is 11.3 Å². The van der Waals surface area contributed by atoms with E-state index >= 15 is 0 Å². The summed E-state index contributed by atoms with van der Waals surface area (Å²) in [5, 5.41) is 1.33. The molecule has 3 aromatic rings. The van der Waals surface area contributed by atoms with Crippen LogP contribution in [-0.2, 0) is 12.0 Å². The van der Waals surface area contributed by atoms with E-state index in [1.807, 2.05) is 11.3 Å². The molecule has 3 nitrogen and oxygen atoms in total. The van der Waals surface area contributed by atoms with Crippen molar-refractivity contribution >= 4 is 33.3 Å². The molecule has 4 rings (SSSR count). The zero-order chi connectivity index (χ0) is 35.0. The first kappa shape index (κ1) is 45.2. The van der Waals surface area contributed by atoms with Crippen LogP contribution in [0.1, 0.15) is 123 Å². The summed E-state index contributed by atoms with van der Waals surface area (Å²) < 4.78 is 5.10. The highest BCUT2D eigenvalue weighted by Gasteiger charge is 2.39. The number of allylic oxidation sites excluding steroid dienone is 7. The molecular weight excluding hydrogens is 774 g/mol. The fourth-order valence-electron chi connectivity index (χ4n) is 7.73. The third-order valence-corrected chi connectivity index (χ3v) is 12.3. The Morgan fingerprint density at radius 3 is 1.96 bits per heavy atom. The van der Waals surface area contributed by atoms with Gasteiger partial charge in [0.25, 0.3) is 5.01 Å². The second-order valence-electron chi connectivity index (χ2n) is 14.6. The summed E-state index contributed by atoms with van der Waals surface area (Å²) in [5.74, 6) is 0.